The first kappa shape index (κ1) is 16.1. The maximum atomic E-state index is 10.2. The van der Waals surface area contributed by atoms with Crippen molar-refractivity contribution in [2.75, 3.05) is 13.7 Å². The Morgan fingerprint density at radius 1 is 1.33 bits per heavy atom. The Morgan fingerprint density at radius 3 is 2.96 bits per heavy atom. The van der Waals surface area contributed by atoms with Gasteiger partial charge in [0.1, 0.15) is 0 Å². The van der Waals surface area contributed by atoms with Crippen molar-refractivity contribution in [3.05, 3.63) is 35.0 Å². The van der Waals surface area contributed by atoms with Gasteiger partial charge in [0.05, 0.1) is 17.2 Å². The van der Waals surface area contributed by atoms with Crippen LogP contribution >= 0.6 is 0 Å². The van der Waals surface area contributed by atoms with Crippen LogP contribution in [0.2, 0.25) is 0 Å². The van der Waals surface area contributed by atoms with Crippen molar-refractivity contribution in [1.82, 2.24) is 9.88 Å². The molecule has 2 aromatic rings. The molecule has 24 heavy (non-hydrogen) atoms. The van der Waals surface area contributed by atoms with Crippen LogP contribution in [0.3, 0.4) is 0 Å². The number of likely N-dealkylation sites (tertiary alicyclic amines) is 1. The van der Waals surface area contributed by atoms with Crippen molar-refractivity contribution in [1.29, 1.82) is 0 Å². The summed E-state index contributed by atoms with van der Waals surface area (Å²) in [5.41, 5.74) is 5.13. The van der Waals surface area contributed by atoms with Gasteiger partial charge in [-0.05, 0) is 50.7 Å². The molecule has 1 aliphatic heterocycles. The molecule has 0 unspecified atom stereocenters. The Morgan fingerprint density at radius 2 is 2.17 bits per heavy atom. The van der Waals surface area contributed by atoms with Crippen LogP contribution in [0.5, 0.6) is 0 Å². The highest BCUT2D eigenvalue weighted by atomic mass is 16.5. The van der Waals surface area contributed by atoms with Crippen LogP contribution in [0.1, 0.15) is 42.5 Å². The minimum Gasteiger partial charge on any atom is -0.393 e. The van der Waals surface area contributed by atoms with Gasteiger partial charge in [-0.15, -0.1) is 0 Å². The number of rotatable bonds is 3. The van der Waals surface area contributed by atoms with Crippen LogP contribution in [0.25, 0.3) is 10.9 Å². The zero-order chi connectivity index (χ0) is 16.9. The van der Waals surface area contributed by atoms with Crippen LogP contribution < -0.4 is 0 Å². The van der Waals surface area contributed by atoms with Crippen molar-refractivity contribution in [2.24, 2.45) is 0 Å². The summed E-state index contributed by atoms with van der Waals surface area (Å²) in [4.78, 5) is 6.09. The fourth-order valence-electron chi connectivity index (χ4n) is 4.85. The van der Waals surface area contributed by atoms with Gasteiger partial charge in [0, 0.05) is 37.3 Å². The second-order valence-electron chi connectivity index (χ2n) is 7.65. The van der Waals surface area contributed by atoms with E-state index in [2.05, 4.69) is 41.9 Å². The first-order valence-electron chi connectivity index (χ1n) is 9.08. The molecule has 1 saturated heterocycles. The van der Waals surface area contributed by atoms with E-state index in [4.69, 9.17) is 4.74 Å². The smallest absolute Gasteiger partial charge is 0.0847 e. The molecule has 0 amide bonds. The molecule has 3 atom stereocenters. The van der Waals surface area contributed by atoms with E-state index < -0.39 is 0 Å². The molecule has 2 aliphatic rings. The molecule has 4 rings (SSSR count). The standard InChI is InChI=1S/C20H28N2O2/c1-13-14(2)21-19-15(5-4-6-17(13)19)12-22-10-9-20(24-3)8-7-16(23)11-18(20)22/h4-6,16,18,21,23H,7-12H2,1-3H3/t16-,18+,20-/m1/s1. The lowest BCUT2D eigenvalue weighted by Gasteiger charge is -2.42. The normalized spacial score (nSPS) is 30.8. The van der Waals surface area contributed by atoms with Gasteiger partial charge in [0.25, 0.3) is 0 Å². The summed E-state index contributed by atoms with van der Waals surface area (Å²) in [5.74, 6) is 0. The number of benzene rings is 1. The monoisotopic (exact) mass is 328 g/mol. The van der Waals surface area contributed by atoms with Gasteiger partial charge >= 0.3 is 0 Å². The summed E-state index contributed by atoms with van der Waals surface area (Å²) in [5, 5.41) is 11.5. The molecule has 1 aliphatic carbocycles. The van der Waals surface area contributed by atoms with Gasteiger partial charge in [0.15, 0.2) is 0 Å². The van der Waals surface area contributed by atoms with E-state index in [-0.39, 0.29) is 11.7 Å². The Hall–Kier alpha value is -1.36. The average molecular weight is 328 g/mol. The van der Waals surface area contributed by atoms with Gasteiger partial charge in [-0.3, -0.25) is 4.90 Å². The predicted octanol–water partition coefficient (Wildman–Crippen LogP) is 3.29. The summed E-state index contributed by atoms with van der Waals surface area (Å²) in [6, 6.07) is 6.90. The molecule has 4 nitrogen and oxygen atoms in total. The summed E-state index contributed by atoms with van der Waals surface area (Å²) >= 11 is 0. The number of ether oxygens (including phenoxy) is 1. The van der Waals surface area contributed by atoms with Crippen molar-refractivity contribution >= 4 is 10.9 Å². The van der Waals surface area contributed by atoms with Crippen molar-refractivity contribution in [2.45, 2.75) is 63.8 Å². The highest BCUT2D eigenvalue weighted by Crippen LogP contribution is 2.43. The zero-order valence-corrected chi connectivity index (χ0v) is 14.9. The van der Waals surface area contributed by atoms with E-state index in [0.717, 1.165) is 38.8 Å². The van der Waals surface area contributed by atoms with Crippen LogP contribution in [-0.4, -0.2) is 46.4 Å². The number of aromatic amines is 1. The number of hydrogen-bond acceptors (Lipinski definition) is 3. The summed E-state index contributed by atoms with van der Waals surface area (Å²) in [7, 11) is 1.84. The highest BCUT2D eigenvalue weighted by molar-refractivity contribution is 5.87. The maximum Gasteiger partial charge on any atom is 0.0847 e. The lowest BCUT2D eigenvalue weighted by Crippen LogP contribution is -2.51. The Labute approximate surface area is 143 Å². The third-order valence-corrected chi connectivity index (χ3v) is 6.48. The van der Waals surface area contributed by atoms with E-state index in [0.29, 0.717) is 6.04 Å². The fourth-order valence-corrected chi connectivity index (χ4v) is 4.85. The van der Waals surface area contributed by atoms with Crippen molar-refractivity contribution in [3.63, 3.8) is 0 Å². The van der Waals surface area contributed by atoms with E-state index in [1.807, 2.05) is 7.11 Å². The van der Waals surface area contributed by atoms with Crippen molar-refractivity contribution < 1.29 is 9.84 Å². The number of aliphatic hydroxyl groups excluding tert-OH is 1. The van der Waals surface area contributed by atoms with Crippen LogP contribution in [-0.2, 0) is 11.3 Å². The molecule has 2 fully saturated rings. The van der Waals surface area contributed by atoms with E-state index in [1.165, 1.54) is 27.7 Å². The SMILES string of the molecule is CO[C@@]12CC[C@@H](O)C[C@@H]1N(Cc1cccc3c(C)c(C)[nH]c13)CC2. The van der Waals surface area contributed by atoms with Crippen LogP contribution in [0.4, 0.5) is 0 Å². The summed E-state index contributed by atoms with van der Waals surface area (Å²) in [6.45, 7) is 6.28. The molecule has 130 valence electrons. The number of aromatic nitrogens is 1. The van der Waals surface area contributed by atoms with Crippen LogP contribution in [0, 0.1) is 13.8 Å². The molecule has 1 saturated carbocycles. The third-order valence-electron chi connectivity index (χ3n) is 6.48. The van der Waals surface area contributed by atoms with E-state index in [9.17, 15) is 5.11 Å². The summed E-state index contributed by atoms with van der Waals surface area (Å²) in [6.07, 6.45) is 3.54. The molecule has 0 bridgehead atoms. The lowest BCUT2D eigenvalue weighted by molar-refractivity contribution is -0.0879. The number of para-hydroxylation sites is 1. The first-order chi connectivity index (χ1) is 11.5. The molecular formula is C20H28N2O2. The van der Waals surface area contributed by atoms with Crippen molar-refractivity contribution in [3.8, 4) is 0 Å². The second-order valence-corrected chi connectivity index (χ2v) is 7.65. The molecule has 4 heteroatoms. The third kappa shape index (κ3) is 2.40. The minimum absolute atomic E-state index is 0.0608. The molecular weight excluding hydrogens is 300 g/mol. The van der Waals surface area contributed by atoms with Gasteiger partial charge in [-0.1, -0.05) is 18.2 Å². The minimum atomic E-state index is -0.190. The van der Waals surface area contributed by atoms with Gasteiger partial charge < -0.3 is 14.8 Å². The number of H-pyrrole nitrogens is 1. The quantitative estimate of drug-likeness (QED) is 0.909. The van der Waals surface area contributed by atoms with E-state index in [1.54, 1.807) is 0 Å². The molecule has 0 radical (unpaired) electrons. The topological polar surface area (TPSA) is 48.5 Å². The predicted molar refractivity (Wildman–Crippen MR) is 96.2 cm³/mol. The highest BCUT2D eigenvalue weighted by Gasteiger charge is 2.50. The Kier molecular flexibility index (Phi) is 3.94. The number of aliphatic hydroxyl groups is 1. The molecule has 2 N–H and O–H groups in total. The molecule has 2 heterocycles. The van der Waals surface area contributed by atoms with Crippen LogP contribution in [0.15, 0.2) is 18.2 Å². The Balaban J connectivity index is 1.65. The molecule has 0 spiro atoms. The van der Waals surface area contributed by atoms with E-state index >= 15 is 0 Å². The number of methoxy groups -OCH3 is 1. The molecule has 1 aromatic heterocycles. The molecule has 1 aromatic carbocycles. The largest absolute Gasteiger partial charge is 0.393 e. The second kappa shape index (κ2) is 5.87. The van der Waals surface area contributed by atoms with Gasteiger partial charge in [-0.25, -0.2) is 0 Å². The number of hydrogen-bond donors (Lipinski definition) is 2. The summed E-state index contributed by atoms with van der Waals surface area (Å²) < 4.78 is 5.97. The fraction of sp³-hybridized carbons (Fsp3) is 0.600. The number of nitrogens with one attached hydrogen (secondary N) is 1. The van der Waals surface area contributed by atoms with Gasteiger partial charge in [0.2, 0.25) is 0 Å². The number of fused-ring (bicyclic) bond motifs is 2. The average Bonchev–Trinajstić information content (AvgIpc) is 3.08. The first-order valence-corrected chi connectivity index (χ1v) is 9.08. The lowest BCUT2D eigenvalue weighted by atomic mass is 9.79. The number of nitrogens with zero attached hydrogens (tertiary/aromatic N) is 1. The Bertz CT molecular complexity index is 753. The zero-order valence-electron chi connectivity index (χ0n) is 14.9. The number of aryl methyl sites for hydroxylation is 2. The van der Waals surface area contributed by atoms with Gasteiger partial charge in [-0.2, -0.15) is 0 Å². The maximum absolute atomic E-state index is 10.2.